The molecular formula is C23H21N3O4. The second kappa shape index (κ2) is 7.26. The van der Waals surface area contributed by atoms with Gasteiger partial charge in [0.05, 0.1) is 11.6 Å². The van der Waals surface area contributed by atoms with Gasteiger partial charge in [-0.15, -0.1) is 0 Å². The number of aliphatic hydroxyl groups is 1. The number of Topliss-reactive ketones (excluding diaryl/α,β-unsaturated/α-hetero) is 1. The van der Waals surface area contributed by atoms with Gasteiger partial charge in [0.15, 0.2) is 11.5 Å². The van der Waals surface area contributed by atoms with Crippen molar-refractivity contribution in [3.8, 4) is 11.3 Å². The lowest BCUT2D eigenvalue weighted by Crippen LogP contribution is -2.32. The summed E-state index contributed by atoms with van der Waals surface area (Å²) in [7, 11) is 0. The van der Waals surface area contributed by atoms with Crippen molar-refractivity contribution in [1.29, 1.82) is 0 Å². The second-order valence-corrected chi connectivity index (χ2v) is 8.14. The Morgan fingerprint density at radius 1 is 1.13 bits per heavy atom. The summed E-state index contributed by atoms with van der Waals surface area (Å²) in [5, 5.41) is 14.6. The molecule has 7 heteroatoms. The molecule has 1 N–H and O–H groups in total. The highest BCUT2D eigenvalue weighted by Gasteiger charge is 2.46. The van der Waals surface area contributed by atoms with Crippen molar-refractivity contribution in [1.82, 2.24) is 10.1 Å². The quantitative estimate of drug-likeness (QED) is 0.699. The summed E-state index contributed by atoms with van der Waals surface area (Å²) in [5.74, 6) is -1.43. The molecule has 4 rings (SSSR count). The molecule has 2 aromatic heterocycles. The fourth-order valence-electron chi connectivity index (χ4n) is 3.51. The lowest BCUT2D eigenvalue weighted by molar-refractivity contribution is -0.123. The monoisotopic (exact) mass is 403 g/mol. The van der Waals surface area contributed by atoms with Crippen LogP contribution < -0.4 is 4.90 Å². The number of nitrogens with zero attached hydrogens (tertiary/aromatic N) is 3. The standard InChI is InChI=1S/C23H21N3O4/c1-23(2,3)21(28)18-19(15-5-4-11-24-13-15)26(22(29)20(18)27)16-8-6-14(7-9-16)17-10-12-30-25-17/h4-13,19,27H,1-3H3. The number of carbonyl (C=O) groups is 2. The number of aliphatic hydroxyl groups excluding tert-OH is 1. The highest BCUT2D eigenvalue weighted by Crippen LogP contribution is 2.43. The smallest absolute Gasteiger partial charge is 0.294 e. The normalized spacial score (nSPS) is 17.0. The Balaban J connectivity index is 1.81. The van der Waals surface area contributed by atoms with Crippen LogP contribution in [0.3, 0.4) is 0 Å². The number of aromatic nitrogens is 2. The summed E-state index contributed by atoms with van der Waals surface area (Å²) in [6, 6.07) is 11.6. The van der Waals surface area contributed by atoms with E-state index in [1.165, 1.54) is 11.2 Å². The minimum atomic E-state index is -0.768. The van der Waals surface area contributed by atoms with Crippen molar-refractivity contribution >= 4 is 17.4 Å². The summed E-state index contributed by atoms with van der Waals surface area (Å²) >= 11 is 0. The number of hydrogen-bond donors (Lipinski definition) is 1. The fourth-order valence-corrected chi connectivity index (χ4v) is 3.51. The van der Waals surface area contributed by atoms with Crippen LogP contribution in [0.1, 0.15) is 32.4 Å². The summed E-state index contributed by atoms with van der Waals surface area (Å²) in [4.78, 5) is 31.8. The first-order valence-corrected chi connectivity index (χ1v) is 9.51. The zero-order valence-electron chi connectivity index (χ0n) is 16.9. The number of amides is 1. The van der Waals surface area contributed by atoms with Gasteiger partial charge in [-0.3, -0.25) is 19.5 Å². The maximum absolute atomic E-state index is 13.2. The van der Waals surface area contributed by atoms with Gasteiger partial charge in [-0.25, -0.2) is 0 Å². The number of ketones is 1. The third-order valence-corrected chi connectivity index (χ3v) is 5.01. The molecule has 30 heavy (non-hydrogen) atoms. The molecule has 0 radical (unpaired) electrons. The lowest BCUT2D eigenvalue weighted by atomic mass is 9.82. The highest BCUT2D eigenvalue weighted by atomic mass is 16.5. The number of pyridine rings is 1. The van der Waals surface area contributed by atoms with Crippen LogP contribution in [0.5, 0.6) is 0 Å². The summed E-state index contributed by atoms with van der Waals surface area (Å²) in [6.07, 6.45) is 4.70. The zero-order chi connectivity index (χ0) is 21.5. The van der Waals surface area contributed by atoms with Crippen LogP contribution in [0.25, 0.3) is 11.3 Å². The third-order valence-electron chi connectivity index (χ3n) is 5.01. The molecular weight excluding hydrogens is 382 g/mol. The van der Waals surface area contributed by atoms with Gasteiger partial charge in [-0.05, 0) is 23.8 Å². The summed E-state index contributed by atoms with van der Waals surface area (Å²) < 4.78 is 4.88. The molecule has 1 aromatic carbocycles. The van der Waals surface area contributed by atoms with Crippen molar-refractivity contribution in [3.63, 3.8) is 0 Å². The van der Waals surface area contributed by atoms with E-state index in [0.717, 1.165) is 5.56 Å². The summed E-state index contributed by atoms with van der Waals surface area (Å²) in [6.45, 7) is 5.28. The van der Waals surface area contributed by atoms with Crippen LogP contribution in [0, 0.1) is 5.41 Å². The molecule has 3 aromatic rings. The van der Waals surface area contributed by atoms with Crippen molar-refractivity contribution in [2.45, 2.75) is 26.8 Å². The highest BCUT2D eigenvalue weighted by molar-refractivity contribution is 6.17. The van der Waals surface area contributed by atoms with Gasteiger partial charge in [0.25, 0.3) is 5.91 Å². The fraction of sp³-hybridized carbons (Fsp3) is 0.217. The van der Waals surface area contributed by atoms with Crippen molar-refractivity contribution in [2.75, 3.05) is 4.90 Å². The first-order chi connectivity index (χ1) is 14.3. The van der Waals surface area contributed by atoms with Crippen LogP contribution in [0.2, 0.25) is 0 Å². The predicted octanol–water partition coefficient (Wildman–Crippen LogP) is 4.25. The van der Waals surface area contributed by atoms with Crippen LogP contribution in [0.15, 0.2) is 77.0 Å². The number of hydrogen-bond acceptors (Lipinski definition) is 6. The van der Waals surface area contributed by atoms with E-state index in [2.05, 4.69) is 10.1 Å². The first kappa shape index (κ1) is 19.6. The van der Waals surface area contributed by atoms with E-state index < -0.39 is 23.1 Å². The Hall–Kier alpha value is -3.74. The third kappa shape index (κ3) is 3.28. The topological polar surface area (TPSA) is 96.5 Å². The average Bonchev–Trinajstić information content (AvgIpc) is 3.35. The van der Waals surface area contributed by atoms with Gasteiger partial charge >= 0.3 is 0 Å². The SMILES string of the molecule is CC(C)(C)C(=O)C1=C(O)C(=O)N(c2ccc(-c3ccon3)cc2)C1c1cccnc1. The maximum Gasteiger partial charge on any atom is 0.294 e. The number of benzene rings is 1. The summed E-state index contributed by atoms with van der Waals surface area (Å²) in [5.41, 5.74) is 1.99. The Morgan fingerprint density at radius 3 is 2.43 bits per heavy atom. The van der Waals surface area contributed by atoms with Gasteiger partial charge in [-0.2, -0.15) is 0 Å². The number of rotatable bonds is 4. The molecule has 152 valence electrons. The molecule has 1 amide bonds. The minimum Gasteiger partial charge on any atom is -0.503 e. The average molecular weight is 403 g/mol. The molecule has 0 bridgehead atoms. The van der Waals surface area contributed by atoms with Crippen molar-refractivity contribution in [3.05, 3.63) is 78.0 Å². The lowest BCUT2D eigenvalue weighted by Gasteiger charge is -2.28. The van der Waals surface area contributed by atoms with Crippen LogP contribution in [-0.4, -0.2) is 26.9 Å². The number of carbonyl (C=O) groups excluding carboxylic acids is 2. The molecule has 0 saturated heterocycles. The van der Waals surface area contributed by atoms with Crippen LogP contribution >= 0.6 is 0 Å². The molecule has 7 nitrogen and oxygen atoms in total. The molecule has 0 fully saturated rings. The van der Waals surface area contributed by atoms with E-state index in [9.17, 15) is 14.7 Å². The predicted molar refractivity (Wildman–Crippen MR) is 111 cm³/mol. The van der Waals surface area contributed by atoms with E-state index in [0.29, 0.717) is 16.9 Å². The Labute approximate surface area is 173 Å². The van der Waals surface area contributed by atoms with Gasteiger partial charge in [0, 0.05) is 35.1 Å². The Bertz CT molecular complexity index is 1110. The Kier molecular flexibility index (Phi) is 4.73. The molecule has 0 aliphatic carbocycles. The minimum absolute atomic E-state index is 0.0843. The van der Waals surface area contributed by atoms with Crippen LogP contribution in [-0.2, 0) is 9.59 Å². The molecule has 1 atom stereocenters. The van der Waals surface area contributed by atoms with Gasteiger partial charge < -0.3 is 9.63 Å². The largest absolute Gasteiger partial charge is 0.503 e. The second-order valence-electron chi connectivity index (χ2n) is 8.14. The van der Waals surface area contributed by atoms with E-state index in [1.807, 2.05) is 0 Å². The zero-order valence-corrected chi connectivity index (χ0v) is 16.9. The molecule has 1 unspecified atom stereocenters. The van der Waals surface area contributed by atoms with E-state index in [1.54, 1.807) is 75.6 Å². The Morgan fingerprint density at radius 2 is 1.87 bits per heavy atom. The number of anilines is 1. The van der Waals surface area contributed by atoms with Gasteiger partial charge in [0.2, 0.25) is 0 Å². The maximum atomic E-state index is 13.2. The van der Waals surface area contributed by atoms with E-state index in [-0.39, 0.29) is 11.4 Å². The van der Waals surface area contributed by atoms with E-state index >= 15 is 0 Å². The van der Waals surface area contributed by atoms with Crippen molar-refractivity contribution in [2.24, 2.45) is 5.41 Å². The molecule has 3 heterocycles. The van der Waals surface area contributed by atoms with Gasteiger partial charge in [0.1, 0.15) is 12.0 Å². The molecule has 0 saturated carbocycles. The van der Waals surface area contributed by atoms with Crippen molar-refractivity contribution < 1.29 is 19.2 Å². The van der Waals surface area contributed by atoms with Crippen LogP contribution in [0.4, 0.5) is 5.69 Å². The molecule has 1 aliphatic rings. The first-order valence-electron chi connectivity index (χ1n) is 9.51. The molecule has 1 aliphatic heterocycles. The van der Waals surface area contributed by atoms with Gasteiger partial charge in [-0.1, -0.05) is 44.1 Å². The van der Waals surface area contributed by atoms with E-state index in [4.69, 9.17) is 4.52 Å². The molecule has 0 spiro atoms.